The molecule has 21 heavy (non-hydrogen) atoms. The van der Waals surface area contributed by atoms with Crippen LogP contribution in [0.25, 0.3) is 0 Å². The Morgan fingerprint density at radius 2 is 1.90 bits per heavy atom. The Morgan fingerprint density at radius 1 is 1.33 bits per heavy atom. The van der Waals surface area contributed by atoms with Crippen LogP contribution in [0.2, 0.25) is 0 Å². The highest BCUT2D eigenvalue weighted by molar-refractivity contribution is 7.91. The van der Waals surface area contributed by atoms with Crippen molar-refractivity contribution in [3.63, 3.8) is 0 Å². The summed E-state index contributed by atoms with van der Waals surface area (Å²) in [5.41, 5.74) is 11.8. The van der Waals surface area contributed by atoms with E-state index in [9.17, 15) is 26.4 Å². The Morgan fingerprint density at radius 3 is 2.38 bits per heavy atom. The zero-order chi connectivity index (χ0) is 16.4. The van der Waals surface area contributed by atoms with Gasteiger partial charge in [-0.05, 0) is 23.8 Å². The molecule has 0 saturated heterocycles. The first-order valence-corrected chi connectivity index (χ1v) is 7.57. The molecule has 0 aliphatic heterocycles. The van der Waals surface area contributed by atoms with Crippen LogP contribution in [0.3, 0.4) is 0 Å². The first-order chi connectivity index (χ1) is 9.41. The summed E-state index contributed by atoms with van der Waals surface area (Å²) in [5, 5.41) is -0.310. The van der Waals surface area contributed by atoms with Crippen LogP contribution in [0.4, 0.5) is 24.5 Å². The van der Waals surface area contributed by atoms with Gasteiger partial charge in [0.15, 0.2) is 9.84 Å². The summed E-state index contributed by atoms with van der Waals surface area (Å²) in [6.45, 7) is 0. The molecule has 0 aromatic heterocycles. The summed E-state index contributed by atoms with van der Waals surface area (Å²) >= 11 is 0. The topological polar surface area (TPSA) is 115 Å². The normalized spacial score (nSPS) is 13.7. The number of nitrogens with one attached hydrogen (secondary N) is 1. The van der Waals surface area contributed by atoms with Gasteiger partial charge in [0.25, 0.3) is 0 Å². The van der Waals surface area contributed by atoms with Crippen molar-refractivity contribution in [3.8, 4) is 0 Å². The van der Waals surface area contributed by atoms with Gasteiger partial charge in [0.1, 0.15) is 5.37 Å². The fourth-order valence-corrected chi connectivity index (χ4v) is 2.34. The lowest BCUT2D eigenvalue weighted by Gasteiger charge is -2.19. The van der Waals surface area contributed by atoms with Gasteiger partial charge in [-0.25, -0.2) is 8.42 Å². The Kier molecular flexibility index (Phi) is 4.72. The van der Waals surface area contributed by atoms with Gasteiger partial charge in [0, 0.05) is 24.1 Å². The highest BCUT2D eigenvalue weighted by Gasteiger charge is 2.41. The third-order valence-corrected chi connectivity index (χ3v) is 3.96. The molecule has 1 atom stereocenters. The summed E-state index contributed by atoms with van der Waals surface area (Å²) in [6, 6.07) is 4.20. The average molecular weight is 325 g/mol. The van der Waals surface area contributed by atoms with Gasteiger partial charge in [0.05, 0.1) is 0 Å². The third-order valence-electron chi connectivity index (χ3n) is 2.64. The molecule has 0 aliphatic carbocycles. The molecule has 118 valence electrons. The lowest BCUT2D eigenvalue weighted by atomic mass is 10.1. The summed E-state index contributed by atoms with van der Waals surface area (Å²) in [6.07, 6.45) is -4.88. The standard InChI is InChI=1S/C11H14F3N3O3S/c1-21(19,20)9(17-10(18)11(12,13)14)5-6-4-7(15)2-3-8(6)16/h2-4,9H,5,15-16H2,1H3,(H,17,18). The maximum atomic E-state index is 12.2. The SMILES string of the molecule is CS(=O)(=O)C(Cc1cc(N)ccc1N)NC(=O)C(F)(F)F. The van der Waals surface area contributed by atoms with Gasteiger partial charge in [0.2, 0.25) is 0 Å². The molecule has 0 heterocycles. The number of hydrogen-bond donors (Lipinski definition) is 3. The molecule has 1 rings (SSSR count). The van der Waals surface area contributed by atoms with Crippen LogP contribution >= 0.6 is 0 Å². The maximum Gasteiger partial charge on any atom is 0.471 e. The van der Waals surface area contributed by atoms with Crippen LogP contribution in [-0.2, 0) is 21.1 Å². The summed E-state index contributed by atoms with van der Waals surface area (Å²) in [7, 11) is -3.98. The van der Waals surface area contributed by atoms with Gasteiger partial charge in [-0.15, -0.1) is 0 Å². The van der Waals surface area contributed by atoms with E-state index in [1.807, 2.05) is 0 Å². The minimum Gasteiger partial charge on any atom is -0.399 e. The number of hydrogen-bond acceptors (Lipinski definition) is 5. The molecule has 1 unspecified atom stereocenters. The molecule has 1 amide bonds. The average Bonchev–Trinajstić information content (AvgIpc) is 2.30. The molecule has 0 fully saturated rings. The monoisotopic (exact) mass is 325 g/mol. The smallest absolute Gasteiger partial charge is 0.399 e. The zero-order valence-electron chi connectivity index (χ0n) is 10.9. The van der Waals surface area contributed by atoms with E-state index in [0.29, 0.717) is 0 Å². The number of carbonyl (C=O) groups is 1. The van der Waals surface area contributed by atoms with E-state index in [0.717, 1.165) is 6.26 Å². The van der Waals surface area contributed by atoms with Crippen LogP contribution in [0.1, 0.15) is 5.56 Å². The minimum atomic E-state index is -5.18. The number of sulfone groups is 1. The van der Waals surface area contributed by atoms with Gasteiger partial charge < -0.3 is 16.8 Å². The molecule has 5 N–H and O–H groups in total. The highest BCUT2D eigenvalue weighted by Crippen LogP contribution is 2.20. The van der Waals surface area contributed by atoms with Crippen molar-refractivity contribution in [3.05, 3.63) is 23.8 Å². The molecular formula is C11H14F3N3O3S. The van der Waals surface area contributed by atoms with Crippen LogP contribution < -0.4 is 16.8 Å². The van der Waals surface area contributed by atoms with E-state index in [4.69, 9.17) is 11.5 Å². The van der Waals surface area contributed by atoms with Crippen molar-refractivity contribution in [2.24, 2.45) is 0 Å². The molecule has 10 heteroatoms. The molecule has 0 spiro atoms. The summed E-state index contributed by atoms with van der Waals surface area (Å²) in [5.74, 6) is -2.33. The first kappa shape index (κ1) is 17.1. The predicted octanol–water partition coefficient (Wildman–Crippen LogP) is 0.443. The number of halogens is 3. The number of amides is 1. The lowest BCUT2D eigenvalue weighted by molar-refractivity contribution is -0.173. The van der Waals surface area contributed by atoms with E-state index in [-0.39, 0.29) is 16.9 Å². The van der Waals surface area contributed by atoms with Crippen LogP contribution in [-0.4, -0.2) is 32.1 Å². The van der Waals surface area contributed by atoms with Crippen molar-refractivity contribution in [2.75, 3.05) is 17.7 Å². The lowest BCUT2D eigenvalue weighted by Crippen LogP contribution is -2.47. The zero-order valence-corrected chi connectivity index (χ0v) is 11.8. The molecule has 1 aromatic carbocycles. The molecule has 0 saturated carbocycles. The summed E-state index contributed by atoms with van der Waals surface area (Å²) in [4.78, 5) is 10.9. The Labute approximate surface area is 119 Å². The Bertz CT molecular complexity index is 644. The second kappa shape index (κ2) is 5.80. The molecule has 0 aliphatic rings. The first-order valence-electron chi connectivity index (χ1n) is 5.61. The number of carbonyl (C=O) groups excluding carboxylic acids is 1. The third kappa shape index (κ3) is 4.81. The summed E-state index contributed by atoms with van der Waals surface area (Å²) < 4.78 is 59.8. The van der Waals surface area contributed by atoms with E-state index < -0.39 is 33.7 Å². The fourth-order valence-electron chi connectivity index (χ4n) is 1.54. The minimum absolute atomic E-state index is 0.166. The van der Waals surface area contributed by atoms with Crippen molar-refractivity contribution in [1.82, 2.24) is 5.32 Å². The maximum absolute atomic E-state index is 12.2. The van der Waals surface area contributed by atoms with Crippen LogP contribution in [0.5, 0.6) is 0 Å². The van der Waals surface area contributed by atoms with Crippen molar-refractivity contribution >= 4 is 27.1 Å². The highest BCUT2D eigenvalue weighted by atomic mass is 32.2. The molecule has 6 nitrogen and oxygen atoms in total. The van der Waals surface area contributed by atoms with Gasteiger partial charge in [-0.2, -0.15) is 13.2 Å². The second-order valence-electron chi connectivity index (χ2n) is 4.45. The van der Waals surface area contributed by atoms with E-state index in [1.54, 1.807) is 0 Å². The Hall–Kier alpha value is -1.97. The van der Waals surface area contributed by atoms with Gasteiger partial charge >= 0.3 is 12.1 Å². The second-order valence-corrected chi connectivity index (χ2v) is 6.68. The number of nitrogen functional groups attached to an aromatic ring is 2. The van der Waals surface area contributed by atoms with E-state index >= 15 is 0 Å². The number of alkyl halides is 3. The quantitative estimate of drug-likeness (QED) is 0.695. The molecular weight excluding hydrogens is 311 g/mol. The van der Waals surface area contributed by atoms with Gasteiger partial charge in [-0.3, -0.25) is 4.79 Å². The fraction of sp³-hybridized carbons (Fsp3) is 0.364. The van der Waals surface area contributed by atoms with Crippen molar-refractivity contribution in [1.29, 1.82) is 0 Å². The largest absolute Gasteiger partial charge is 0.471 e. The van der Waals surface area contributed by atoms with Gasteiger partial charge in [-0.1, -0.05) is 0 Å². The van der Waals surface area contributed by atoms with E-state index in [2.05, 4.69) is 0 Å². The van der Waals surface area contributed by atoms with E-state index in [1.165, 1.54) is 23.5 Å². The number of benzene rings is 1. The van der Waals surface area contributed by atoms with Crippen LogP contribution in [0, 0.1) is 0 Å². The molecule has 1 aromatic rings. The predicted molar refractivity (Wildman–Crippen MR) is 71.8 cm³/mol. The number of anilines is 2. The number of nitrogens with two attached hydrogens (primary N) is 2. The Balaban J connectivity index is 3.06. The van der Waals surface area contributed by atoms with Crippen molar-refractivity contribution < 1.29 is 26.4 Å². The molecule has 0 radical (unpaired) electrons. The van der Waals surface area contributed by atoms with Crippen molar-refractivity contribution in [2.45, 2.75) is 18.0 Å². The molecule has 0 bridgehead atoms. The number of rotatable bonds is 4. The van der Waals surface area contributed by atoms with Crippen LogP contribution in [0.15, 0.2) is 18.2 Å².